The Morgan fingerprint density at radius 2 is 1.75 bits per heavy atom. The molecule has 1 aliphatic heterocycles. The molecule has 0 unspecified atom stereocenters. The molecular formula is C27H33FN6O2. The smallest absolute Gasteiger partial charge is 0.258 e. The van der Waals surface area contributed by atoms with E-state index in [1.54, 1.807) is 12.1 Å². The van der Waals surface area contributed by atoms with Crippen molar-refractivity contribution >= 4 is 23.2 Å². The molecule has 4 rings (SSSR count). The zero-order chi connectivity index (χ0) is 25.5. The van der Waals surface area contributed by atoms with Crippen LogP contribution in [-0.2, 0) is 0 Å². The van der Waals surface area contributed by atoms with Gasteiger partial charge < -0.3 is 25.2 Å². The number of halogens is 1. The number of nitrogens with one attached hydrogen (secondary N) is 2. The van der Waals surface area contributed by atoms with E-state index in [2.05, 4.69) is 37.4 Å². The summed E-state index contributed by atoms with van der Waals surface area (Å²) in [4.78, 5) is 25.7. The van der Waals surface area contributed by atoms with Gasteiger partial charge in [0.15, 0.2) is 11.6 Å². The average Bonchev–Trinajstić information content (AvgIpc) is 2.87. The molecule has 9 heteroatoms. The predicted octanol–water partition coefficient (Wildman–Crippen LogP) is 4.24. The number of likely N-dealkylation sites (N-methyl/N-ethyl adjacent to an activating group) is 1. The van der Waals surface area contributed by atoms with Crippen LogP contribution in [0.15, 0.2) is 48.8 Å². The molecule has 1 fully saturated rings. The summed E-state index contributed by atoms with van der Waals surface area (Å²) in [6, 6.07) is 10.5. The molecule has 2 N–H and O–H groups in total. The lowest BCUT2D eigenvalue weighted by Gasteiger charge is -2.32. The number of carbonyl (C=O) groups excluding carboxylic acids is 1. The Hall–Kier alpha value is -3.56. The van der Waals surface area contributed by atoms with E-state index < -0.39 is 5.82 Å². The van der Waals surface area contributed by atoms with Crippen molar-refractivity contribution < 1.29 is 13.9 Å². The van der Waals surface area contributed by atoms with Crippen LogP contribution < -0.4 is 15.4 Å². The highest BCUT2D eigenvalue weighted by atomic mass is 19.1. The molecule has 0 spiro atoms. The number of amides is 1. The van der Waals surface area contributed by atoms with Crippen LogP contribution in [0.2, 0.25) is 0 Å². The SMILES string of the molecule is Cc1cccc(C)c1NC(=O)c1cnc(Nc2ccc(OCCCN3CCN(C)CC3)c(F)c2)nc1. The fraction of sp³-hybridized carbons (Fsp3) is 0.370. The first kappa shape index (κ1) is 25.5. The van der Waals surface area contributed by atoms with E-state index in [-0.39, 0.29) is 17.6 Å². The standard InChI is InChI=1S/C27H33FN6O2/c1-19-6-4-7-20(2)25(19)32-26(35)21-17-29-27(30-18-21)31-22-8-9-24(23(28)16-22)36-15-5-10-34-13-11-33(3)12-14-34/h4,6-9,16-18H,5,10-15H2,1-3H3,(H,32,35)(H,29,30,31). The predicted molar refractivity (Wildman–Crippen MR) is 140 cm³/mol. The van der Waals surface area contributed by atoms with Crippen molar-refractivity contribution in [3.63, 3.8) is 0 Å². The number of ether oxygens (including phenoxy) is 1. The molecule has 2 heterocycles. The zero-order valence-electron chi connectivity index (χ0n) is 21.1. The van der Waals surface area contributed by atoms with Crippen molar-refractivity contribution in [2.45, 2.75) is 20.3 Å². The summed E-state index contributed by atoms with van der Waals surface area (Å²) in [7, 11) is 2.13. The van der Waals surface area contributed by atoms with Crippen LogP contribution in [-0.4, -0.2) is 72.1 Å². The lowest BCUT2D eigenvalue weighted by atomic mass is 10.1. The maximum Gasteiger partial charge on any atom is 0.258 e. The normalized spacial score (nSPS) is 14.4. The number of rotatable bonds is 9. The topological polar surface area (TPSA) is 82.6 Å². The number of piperazine rings is 1. The average molecular weight is 493 g/mol. The van der Waals surface area contributed by atoms with Gasteiger partial charge in [-0.15, -0.1) is 0 Å². The molecule has 190 valence electrons. The highest BCUT2D eigenvalue weighted by molar-refractivity contribution is 6.04. The van der Waals surface area contributed by atoms with Gasteiger partial charge in [0.1, 0.15) is 0 Å². The molecule has 2 aromatic carbocycles. The zero-order valence-corrected chi connectivity index (χ0v) is 21.1. The number of nitrogens with zero attached hydrogens (tertiary/aromatic N) is 4. The molecule has 0 saturated carbocycles. The van der Waals surface area contributed by atoms with Crippen molar-refractivity contribution in [3.05, 3.63) is 71.3 Å². The molecule has 0 aliphatic carbocycles. The van der Waals surface area contributed by atoms with Crippen molar-refractivity contribution in [1.29, 1.82) is 0 Å². The van der Waals surface area contributed by atoms with E-state index in [4.69, 9.17) is 4.74 Å². The van der Waals surface area contributed by atoms with Crippen LogP contribution in [0.25, 0.3) is 0 Å². The van der Waals surface area contributed by atoms with Crippen LogP contribution in [0, 0.1) is 19.7 Å². The fourth-order valence-corrected chi connectivity index (χ4v) is 4.07. The third kappa shape index (κ3) is 6.77. The van der Waals surface area contributed by atoms with Crippen LogP contribution in [0.5, 0.6) is 5.75 Å². The molecule has 36 heavy (non-hydrogen) atoms. The van der Waals surface area contributed by atoms with Gasteiger partial charge in [0.05, 0.1) is 12.2 Å². The first-order chi connectivity index (χ1) is 17.4. The molecule has 1 aromatic heterocycles. The van der Waals surface area contributed by atoms with E-state index >= 15 is 0 Å². The third-order valence-electron chi connectivity index (χ3n) is 6.29. The minimum atomic E-state index is -0.454. The molecular weight excluding hydrogens is 459 g/mol. The number of benzene rings is 2. The number of aryl methyl sites for hydroxylation is 2. The molecule has 0 radical (unpaired) electrons. The van der Waals surface area contributed by atoms with Crippen molar-refractivity contribution in [2.75, 3.05) is 57.0 Å². The van der Waals surface area contributed by atoms with Gasteiger partial charge in [-0.25, -0.2) is 14.4 Å². The van der Waals surface area contributed by atoms with E-state index in [1.807, 2.05) is 32.0 Å². The van der Waals surface area contributed by atoms with Crippen molar-refractivity contribution in [3.8, 4) is 5.75 Å². The second kappa shape index (κ2) is 11.9. The fourth-order valence-electron chi connectivity index (χ4n) is 4.07. The number of hydrogen-bond donors (Lipinski definition) is 2. The Balaban J connectivity index is 1.27. The van der Waals surface area contributed by atoms with Crippen LogP contribution in [0.1, 0.15) is 27.9 Å². The largest absolute Gasteiger partial charge is 0.490 e. The van der Waals surface area contributed by atoms with Gasteiger partial charge in [-0.2, -0.15) is 0 Å². The van der Waals surface area contributed by atoms with E-state index in [1.165, 1.54) is 18.5 Å². The van der Waals surface area contributed by atoms with Crippen LogP contribution in [0.4, 0.5) is 21.7 Å². The number of hydrogen-bond acceptors (Lipinski definition) is 7. The number of aromatic nitrogens is 2. The summed E-state index contributed by atoms with van der Waals surface area (Å²) in [6.07, 6.45) is 3.72. The summed E-state index contributed by atoms with van der Waals surface area (Å²) in [5.74, 6) is -0.263. The van der Waals surface area contributed by atoms with Gasteiger partial charge in [-0.3, -0.25) is 4.79 Å². The van der Waals surface area contributed by atoms with E-state index in [9.17, 15) is 9.18 Å². The Bertz CT molecular complexity index is 1160. The summed E-state index contributed by atoms with van der Waals surface area (Å²) < 4.78 is 20.2. The van der Waals surface area contributed by atoms with E-state index in [0.29, 0.717) is 17.9 Å². The number of carbonyl (C=O) groups is 1. The van der Waals surface area contributed by atoms with Gasteiger partial charge in [0, 0.05) is 62.6 Å². The third-order valence-corrected chi connectivity index (χ3v) is 6.29. The Morgan fingerprint density at radius 3 is 2.42 bits per heavy atom. The maximum absolute atomic E-state index is 14.5. The second-order valence-corrected chi connectivity index (χ2v) is 9.13. The minimum Gasteiger partial charge on any atom is -0.490 e. The molecule has 0 atom stereocenters. The molecule has 1 aliphatic rings. The molecule has 1 saturated heterocycles. The minimum absolute atomic E-state index is 0.221. The molecule has 0 bridgehead atoms. The lowest BCUT2D eigenvalue weighted by molar-refractivity contribution is 0.102. The van der Waals surface area contributed by atoms with Gasteiger partial charge >= 0.3 is 0 Å². The van der Waals surface area contributed by atoms with E-state index in [0.717, 1.165) is 56.0 Å². The quantitative estimate of drug-likeness (QED) is 0.432. The Labute approximate surface area is 211 Å². The summed E-state index contributed by atoms with van der Waals surface area (Å²) in [5.41, 5.74) is 3.56. The monoisotopic (exact) mass is 492 g/mol. The molecule has 1 amide bonds. The van der Waals surface area contributed by atoms with Gasteiger partial charge in [-0.1, -0.05) is 18.2 Å². The van der Waals surface area contributed by atoms with Crippen LogP contribution in [0.3, 0.4) is 0 Å². The second-order valence-electron chi connectivity index (χ2n) is 9.13. The first-order valence-corrected chi connectivity index (χ1v) is 12.2. The lowest BCUT2D eigenvalue weighted by Crippen LogP contribution is -2.44. The maximum atomic E-state index is 14.5. The van der Waals surface area contributed by atoms with Gasteiger partial charge in [-0.05, 0) is 50.6 Å². The highest BCUT2D eigenvalue weighted by Gasteiger charge is 2.14. The molecule has 3 aromatic rings. The van der Waals surface area contributed by atoms with Gasteiger partial charge in [0.25, 0.3) is 5.91 Å². The Morgan fingerprint density at radius 1 is 1.06 bits per heavy atom. The Kier molecular flexibility index (Phi) is 8.45. The summed E-state index contributed by atoms with van der Waals surface area (Å²) in [5, 5.41) is 5.87. The van der Waals surface area contributed by atoms with Crippen LogP contribution >= 0.6 is 0 Å². The first-order valence-electron chi connectivity index (χ1n) is 12.2. The number of anilines is 3. The van der Waals surface area contributed by atoms with Crippen molar-refractivity contribution in [2.24, 2.45) is 0 Å². The van der Waals surface area contributed by atoms with Crippen molar-refractivity contribution in [1.82, 2.24) is 19.8 Å². The van der Waals surface area contributed by atoms with Gasteiger partial charge in [0.2, 0.25) is 5.95 Å². The summed E-state index contributed by atoms with van der Waals surface area (Å²) in [6.45, 7) is 9.58. The molecule has 8 nitrogen and oxygen atoms in total. The highest BCUT2D eigenvalue weighted by Crippen LogP contribution is 2.23. The number of para-hydroxylation sites is 1. The summed E-state index contributed by atoms with van der Waals surface area (Å²) >= 11 is 0.